The van der Waals surface area contributed by atoms with Gasteiger partial charge in [-0.15, -0.1) is 0 Å². The minimum atomic E-state index is -4.49. The number of hydrogen-bond donors (Lipinski definition) is 3. The number of thiol groups is 1. The summed E-state index contributed by atoms with van der Waals surface area (Å²) in [5.74, 6) is -0.398. The van der Waals surface area contributed by atoms with Gasteiger partial charge in [-0.05, 0) is 64.0 Å². The Hall–Kier alpha value is -2.87. The lowest BCUT2D eigenvalue weighted by Gasteiger charge is -2.25. The summed E-state index contributed by atoms with van der Waals surface area (Å²) in [4.78, 5) is 16.6. The number of benzene rings is 1. The SMILES string of the molecule is CC(CC(=N)c1cc(-c2ccc([SH]3C=CC=C3C(C)C)c(C(F)(F)F)c2)ccn1)CC(N)=O. The predicted molar refractivity (Wildman–Crippen MR) is 128 cm³/mol. The molecule has 3 rings (SSSR count). The van der Waals surface area contributed by atoms with E-state index in [9.17, 15) is 18.0 Å². The molecule has 33 heavy (non-hydrogen) atoms. The van der Waals surface area contributed by atoms with E-state index < -0.39 is 28.5 Å². The summed E-state index contributed by atoms with van der Waals surface area (Å²) in [6.45, 7) is 5.80. The van der Waals surface area contributed by atoms with Crippen molar-refractivity contribution in [2.24, 2.45) is 17.6 Å². The van der Waals surface area contributed by atoms with E-state index in [1.807, 2.05) is 38.3 Å². The molecule has 0 saturated heterocycles. The predicted octanol–water partition coefficient (Wildman–Crippen LogP) is 6.46. The largest absolute Gasteiger partial charge is 0.417 e. The smallest absolute Gasteiger partial charge is 0.370 e. The second-order valence-electron chi connectivity index (χ2n) is 8.58. The summed E-state index contributed by atoms with van der Waals surface area (Å²) in [6.07, 6.45) is 1.22. The van der Waals surface area contributed by atoms with E-state index in [4.69, 9.17) is 11.1 Å². The molecule has 0 bridgehead atoms. The first-order chi connectivity index (χ1) is 15.5. The zero-order valence-electron chi connectivity index (χ0n) is 18.8. The number of allylic oxidation sites excluding steroid dienone is 3. The van der Waals surface area contributed by atoms with Crippen molar-refractivity contribution < 1.29 is 18.0 Å². The molecule has 2 atom stereocenters. The van der Waals surface area contributed by atoms with Crippen molar-refractivity contribution in [3.8, 4) is 11.1 Å². The number of halogens is 3. The molecule has 0 fully saturated rings. The minimum absolute atomic E-state index is 0.124. The fourth-order valence-electron chi connectivity index (χ4n) is 3.88. The van der Waals surface area contributed by atoms with Crippen LogP contribution in [-0.4, -0.2) is 16.6 Å². The second-order valence-corrected chi connectivity index (χ2v) is 10.6. The molecule has 0 spiro atoms. The molecule has 1 amide bonds. The van der Waals surface area contributed by atoms with E-state index in [-0.39, 0.29) is 24.0 Å². The third kappa shape index (κ3) is 5.93. The Labute approximate surface area is 194 Å². The maximum absolute atomic E-state index is 14.1. The number of rotatable bonds is 8. The Morgan fingerprint density at radius 3 is 2.45 bits per heavy atom. The number of hydrogen-bond acceptors (Lipinski definition) is 3. The number of pyridine rings is 1. The molecule has 8 heteroatoms. The average Bonchev–Trinajstić information content (AvgIpc) is 3.22. The minimum Gasteiger partial charge on any atom is -0.370 e. The molecule has 1 aromatic carbocycles. The zero-order chi connectivity index (χ0) is 24.3. The lowest BCUT2D eigenvalue weighted by Crippen LogP contribution is -2.17. The third-order valence-electron chi connectivity index (χ3n) is 5.44. The first-order valence-corrected chi connectivity index (χ1v) is 12.1. The average molecular weight is 476 g/mol. The van der Waals surface area contributed by atoms with Crippen LogP contribution in [0.3, 0.4) is 0 Å². The Morgan fingerprint density at radius 2 is 1.82 bits per heavy atom. The summed E-state index contributed by atoms with van der Waals surface area (Å²) < 4.78 is 42.2. The van der Waals surface area contributed by atoms with E-state index in [0.29, 0.717) is 28.1 Å². The molecule has 3 N–H and O–H groups in total. The van der Waals surface area contributed by atoms with Crippen LogP contribution < -0.4 is 5.73 Å². The number of aromatic nitrogens is 1. The number of nitrogens with one attached hydrogen (secondary N) is 1. The van der Waals surface area contributed by atoms with Gasteiger partial charge in [0, 0.05) is 17.5 Å². The molecule has 1 aromatic heterocycles. The van der Waals surface area contributed by atoms with Gasteiger partial charge in [-0.2, -0.15) is 24.1 Å². The fraction of sp³-hybridized carbons (Fsp3) is 0.320. The number of nitrogens with zero attached hydrogens (tertiary/aromatic N) is 1. The normalized spacial score (nSPS) is 17.8. The van der Waals surface area contributed by atoms with E-state index in [0.717, 1.165) is 4.91 Å². The van der Waals surface area contributed by atoms with E-state index in [1.165, 1.54) is 12.3 Å². The molecular formula is C25H28F3N3OS. The van der Waals surface area contributed by atoms with Crippen molar-refractivity contribution in [2.75, 3.05) is 0 Å². The van der Waals surface area contributed by atoms with Crippen molar-refractivity contribution >= 4 is 22.5 Å². The van der Waals surface area contributed by atoms with Crippen molar-refractivity contribution in [1.29, 1.82) is 5.41 Å². The number of nitrogens with two attached hydrogens (primary N) is 1. The molecule has 1 aliphatic heterocycles. The highest BCUT2D eigenvalue weighted by Gasteiger charge is 2.36. The van der Waals surface area contributed by atoms with Crippen LogP contribution in [0.1, 0.15) is 44.9 Å². The van der Waals surface area contributed by atoms with E-state index in [2.05, 4.69) is 4.98 Å². The molecule has 176 valence electrons. The van der Waals surface area contributed by atoms with Gasteiger partial charge in [0.25, 0.3) is 0 Å². The first-order valence-electron chi connectivity index (χ1n) is 10.7. The van der Waals surface area contributed by atoms with Gasteiger partial charge >= 0.3 is 6.18 Å². The van der Waals surface area contributed by atoms with Gasteiger partial charge in [-0.1, -0.05) is 39.0 Å². The van der Waals surface area contributed by atoms with Gasteiger partial charge in [-0.3, -0.25) is 9.78 Å². The Kier molecular flexibility index (Phi) is 7.47. The maximum Gasteiger partial charge on any atom is 0.417 e. The topological polar surface area (TPSA) is 79.8 Å². The van der Waals surface area contributed by atoms with Gasteiger partial charge in [0.2, 0.25) is 5.91 Å². The Morgan fingerprint density at radius 1 is 1.12 bits per heavy atom. The maximum atomic E-state index is 14.1. The molecule has 1 aliphatic rings. The van der Waals surface area contributed by atoms with Gasteiger partial charge in [0.1, 0.15) is 0 Å². The highest BCUT2D eigenvalue weighted by Crippen LogP contribution is 2.55. The number of carbonyl (C=O) groups is 1. The summed E-state index contributed by atoms with van der Waals surface area (Å²) in [5, 5.41) is 10.2. The molecule has 2 aromatic rings. The van der Waals surface area contributed by atoms with Crippen molar-refractivity contribution in [1.82, 2.24) is 4.98 Å². The quantitative estimate of drug-likeness (QED) is 0.302. The summed E-state index contributed by atoms with van der Waals surface area (Å²) in [7, 11) is -1.17. The van der Waals surface area contributed by atoms with Crippen molar-refractivity contribution in [3.63, 3.8) is 0 Å². The first kappa shape index (κ1) is 24.8. The number of amides is 1. The lowest BCUT2D eigenvalue weighted by atomic mass is 9.97. The van der Waals surface area contributed by atoms with Crippen LogP contribution in [0.25, 0.3) is 11.1 Å². The van der Waals surface area contributed by atoms with Crippen LogP contribution >= 0.6 is 10.9 Å². The van der Waals surface area contributed by atoms with Gasteiger partial charge in [-0.25, -0.2) is 0 Å². The van der Waals surface area contributed by atoms with Crippen LogP contribution in [0.2, 0.25) is 0 Å². The fourth-order valence-corrected chi connectivity index (χ4v) is 6.24. The van der Waals surface area contributed by atoms with Gasteiger partial charge in [0.05, 0.1) is 17.0 Å². The molecule has 4 nitrogen and oxygen atoms in total. The van der Waals surface area contributed by atoms with Crippen molar-refractivity contribution in [2.45, 2.75) is 44.7 Å². The highest BCUT2D eigenvalue weighted by molar-refractivity contribution is 8.23. The van der Waals surface area contributed by atoms with Crippen LogP contribution in [0.5, 0.6) is 0 Å². The van der Waals surface area contributed by atoms with E-state index in [1.54, 1.807) is 24.3 Å². The molecular weight excluding hydrogens is 447 g/mol. The molecule has 0 saturated carbocycles. The van der Waals surface area contributed by atoms with Gasteiger partial charge < -0.3 is 11.1 Å². The van der Waals surface area contributed by atoms with Crippen LogP contribution in [0, 0.1) is 17.2 Å². The zero-order valence-corrected chi connectivity index (χ0v) is 19.7. The summed E-state index contributed by atoms with van der Waals surface area (Å²) >= 11 is 0. The summed E-state index contributed by atoms with van der Waals surface area (Å²) in [6, 6.07) is 7.74. The molecule has 2 unspecified atom stereocenters. The molecule has 2 heterocycles. The second kappa shape index (κ2) is 9.95. The lowest BCUT2D eigenvalue weighted by molar-refractivity contribution is -0.139. The monoisotopic (exact) mass is 475 g/mol. The highest BCUT2D eigenvalue weighted by atomic mass is 32.2. The number of alkyl halides is 3. The number of carbonyl (C=O) groups excluding carboxylic acids is 1. The Balaban J connectivity index is 1.95. The van der Waals surface area contributed by atoms with Gasteiger partial charge in [0.15, 0.2) is 0 Å². The standard InChI is InChI=1S/C25H28F3N3OS/c1-15(2)22-5-4-10-33(22)23-7-6-17(13-19(23)25(26,27)28)18-8-9-31-21(14-18)20(29)11-16(3)12-24(30)32/h4-10,13-16,29,33H,11-12H2,1-3H3,(H2,30,32). The van der Waals surface area contributed by atoms with Crippen LogP contribution in [-0.2, 0) is 11.0 Å². The van der Waals surface area contributed by atoms with Crippen LogP contribution in [0.4, 0.5) is 13.2 Å². The van der Waals surface area contributed by atoms with E-state index >= 15 is 0 Å². The number of primary amides is 1. The van der Waals surface area contributed by atoms with Crippen LogP contribution in [0.15, 0.2) is 63.9 Å². The molecule has 0 radical (unpaired) electrons. The summed E-state index contributed by atoms with van der Waals surface area (Å²) in [5.41, 5.74) is 6.14. The third-order valence-corrected chi connectivity index (χ3v) is 8.04. The van der Waals surface area contributed by atoms with Crippen molar-refractivity contribution in [3.05, 3.63) is 70.3 Å². The molecule has 0 aliphatic carbocycles. The Bertz CT molecular complexity index is 1120.